The zero-order chi connectivity index (χ0) is 20.5. The number of hydrogen-bond donors (Lipinski definition) is 0. The van der Waals surface area contributed by atoms with E-state index in [-0.39, 0.29) is 23.5 Å². The molecule has 1 fully saturated rings. The molecule has 1 aromatic carbocycles. The van der Waals surface area contributed by atoms with Gasteiger partial charge in [-0.2, -0.15) is 0 Å². The molecule has 0 aliphatic carbocycles. The monoisotopic (exact) mass is 441 g/mol. The van der Waals surface area contributed by atoms with Gasteiger partial charge in [0, 0.05) is 15.9 Å². The standard InChI is InChI=1S/C20H24ClNO4S2/c1-13-6-8-27-19(13)11-22(16-7-9-28(24,25)12-16)20(23)15(3)26-17-4-5-18(21)14(2)10-17/h4-6,8,10,15-16H,7,9,11-12H2,1-3H3/t15-,16-/m1/s1. The van der Waals surface area contributed by atoms with E-state index in [1.165, 1.54) is 0 Å². The Morgan fingerprint density at radius 2 is 2.07 bits per heavy atom. The van der Waals surface area contributed by atoms with E-state index in [2.05, 4.69) is 0 Å². The molecule has 5 nitrogen and oxygen atoms in total. The fraction of sp³-hybridized carbons (Fsp3) is 0.450. The average Bonchev–Trinajstić information content (AvgIpc) is 3.20. The van der Waals surface area contributed by atoms with E-state index in [0.29, 0.717) is 23.7 Å². The van der Waals surface area contributed by atoms with Crippen LogP contribution in [0.2, 0.25) is 5.02 Å². The maximum atomic E-state index is 13.2. The van der Waals surface area contributed by atoms with Crippen LogP contribution in [0.1, 0.15) is 29.3 Å². The van der Waals surface area contributed by atoms with Gasteiger partial charge >= 0.3 is 0 Å². The van der Waals surface area contributed by atoms with E-state index in [9.17, 15) is 13.2 Å². The van der Waals surface area contributed by atoms with Crippen LogP contribution in [0.5, 0.6) is 5.75 Å². The highest BCUT2D eigenvalue weighted by molar-refractivity contribution is 7.91. The van der Waals surface area contributed by atoms with Gasteiger partial charge in [0.05, 0.1) is 18.1 Å². The minimum absolute atomic E-state index is 0.00986. The molecule has 2 atom stereocenters. The summed E-state index contributed by atoms with van der Waals surface area (Å²) in [5.74, 6) is 0.489. The zero-order valence-corrected chi connectivity index (χ0v) is 18.5. The smallest absolute Gasteiger partial charge is 0.263 e. The third-order valence-corrected chi connectivity index (χ3v) is 8.19. The second-order valence-corrected chi connectivity index (χ2v) is 10.9. The van der Waals surface area contributed by atoms with Crippen LogP contribution in [0.25, 0.3) is 0 Å². The number of carbonyl (C=O) groups is 1. The van der Waals surface area contributed by atoms with Gasteiger partial charge in [0.15, 0.2) is 15.9 Å². The van der Waals surface area contributed by atoms with Crippen molar-refractivity contribution in [1.82, 2.24) is 4.90 Å². The number of thiophene rings is 1. The number of sulfone groups is 1. The Labute approximate surface area is 175 Å². The molecule has 0 N–H and O–H groups in total. The molecule has 8 heteroatoms. The maximum Gasteiger partial charge on any atom is 0.263 e. The first kappa shape index (κ1) is 21.1. The summed E-state index contributed by atoms with van der Waals surface area (Å²) in [6, 6.07) is 6.94. The molecular formula is C20H24ClNO4S2. The normalized spacial score (nSPS) is 19.4. The summed E-state index contributed by atoms with van der Waals surface area (Å²) in [7, 11) is -3.10. The predicted molar refractivity (Wildman–Crippen MR) is 113 cm³/mol. The molecule has 1 aliphatic rings. The number of hydrogen-bond acceptors (Lipinski definition) is 5. The molecule has 0 radical (unpaired) electrons. The van der Waals surface area contributed by atoms with Crippen molar-refractivity contribution in [2.24, 2.45) is 0 Å². The molecule has 152 valence electrons. The summed E-state index contributed by atoms with van der Waals surface area (Å²) in [6.07, 6.45) is -0.269. The number of nitrogens with zero attached hydrogens (tertiary/aromatic N) is 1. The lowest BCUT2D eigenvalue weighted by molar-refractivity contribution is -0.140. The van der Waals surface area contributed by atoms with Crippen LogP contribution in [0, 0.1) is 13.8 Å². The second-order valence-electron chi connectivity index (χ2n) is 7.22. The van der Waals surface area contributed by atoms with Crippen molar-refractivity contribution in [2.45, 2.75) is 45.9 Å². The first-order chi connectivity index (χ1) is 13.2. The third-order valence-electron chi connectivity index (χ3n) is 5.00. The second kappa shape index (κ2) is 8.43. The predicted octanol–water partition coefficient (Wildman–Crippen LogP) is 4.00. The molecule has 1 aliphatic heterocycles. The molecule has 1 aromatic heterocycles. The molecular weight excluding hydrogens is 418 g/mol. The van der Waals surface area contributed by atoms with E-state index < -0.39 is 15.9 Å². The van der Waals surface area contributed by atoms with Gasteiger partial charge < -0.3 is 9.64 Å². The highest BCUT2D eigenvalue weighted by Gasteiger charge is 2.37. The number of carbonyl (C=O) groups excluding carboxylic acids is 1. The van der Waals surface area contributed by atoms with Gasteiger partial charge in [0.25, 0.3) is 5.91 Å². The number of halogens is 1. The van der Waals surface area contributed by atoms with Crippen LogP contribution in [0.3, 0.4) is 0 Å². The Morgan fingerprint density at radius 1 is 1.32 bits per heavy atom. The van der Waals surface area contributed by atoms with Crippen LogP contribution in [0.4, 0.5) is 0 Å². The summed E-state index contributed by atoms with van der Waals surface area (Å²) in [5, 5.41) is 2.62. The van der Waals surface area contributed by atoms with Gasteiger partial charge in [0.1, 0.15) is 5.75 Å². The van der Waals surface area contributed by atoms with Crippen molar-refractivity contribution in [3.63, 3.8) is 0 Å². The largest absolute Gasteiger partial charge is 0.481 e. The highest BCUT2D eigenvalue weighted by atomic mass is 35.5. The number of rotatable bonds is 6. The summed E-state index contributed by atoms with van der Waals surface area (Å²) < 4.78 is 29.8. The summed E-state index contributed by atoms with van der Waals surface area (Å²) in [6.45, 7) is 5.97. The van der Waals surface area contributed by atoms with Crippen molar-refractivity contribution >= 4 is 38.7 Å². The van der Waals surface area contributed by atoms with E-state index >= 15 is 0 Å². The van der Waals surface area contributed by atoms with Crippen molar-refractivity contribution in [1.29, 1.82) is 0 Å². The van der Waals surface area contributed by atoms with Gasteiger partial charge in [-0.15, -0.1) is 11.3 Å². The van der Waals surface area contributed by atoms with Crippen LogP contribution in [-0.2, 0) is 21.2 Å². The summed E-state index contributed by atoms with van der Waals surface area (Å²) in [5.41, 5.74) is 1.97. The minimum atomic E-state index is -3.10. The average molecular weight is 442 g/mol. The van der Waals surface area contributed by atoms with Gasteiger partial charge in [-0.3, -0.25) is 4.79 Å². The Balaban J connectivity index is 1.80. The summed E-state index contributed by atoms with van der Waals surface area (Å²) >= 11 is 7.63. The number of aryl methyl sites for hydroxylation is 2. The van der Waals surface area contributed by atoms with Gasteiger partial charge in [0.2, 0.25) is 0 Å². The van der Waals surface area contributed by atoms with Crippen molar-refractivity contribution in [3.05, 3.63) is 50.7 Å². The quantitative estimate of drug-likeness (QED) is 0.679. The van der Waals surface area contributed by atoms with Gasteiger partial charge in [-0.05, 0) is 68.0 Å². The zero-order valence-electron chi connectivity index (χ0n) is 16.1. The molecule has 0 spiro atoms. The molecule has 3 rings (SSSR count). The van der Waals surface area contributed by atoms with Crippen LogP contribution in [-0.4, -0.2) is 42.9 Å². The lowest BCUT2D eigenvalue weighted by Gasteiger charge is -2.30. The van der Waals surface area contributed by atoms with Crippen LogP contribution < -0.4 is 4.74 Å². The Morgan fingerprint density at radius 3 is 2.64 bits per heavy atom. The maximum absolute atomic E-state index is 13.2. The Bertz CT molecular complexity index is 970. The first-order valence-electron chi connectivity index (χ1n) is 9.13. The minimum Gasteiger partial charge on any atom is -0.481 e. The van der Waals surface area contributed by atoms with Crippen LogP contribution >= 0.6 is 22.9 Å². The van der Waals surface area contributed by atoms with Crippen LogP contribution in [0.15, 0.2) is 29.6 Å². The Hall–Kier alpha value is -1.57. The topological polar surface area (TPSA) is 63.7 Å². The number of ether oxygens (including phenoxy) is 1. The van der Waals surface area contributed by atoms with E-state index in [4.69, 9.17) is 16.3 Å². The lowest BCUT2D eigenvalue weighted by atomic mass is 10.1. The van der Waals surface area contributed by atoms with Crippen molar-refractivity contribution in [2.75, 3.05) is 11.5 Å². The van der Waals surface area contributed by atoms with Gasteiger partial charge in [-0.25, -0.2) is 8.42 Å². The molecule has 0 unspecified atom stereocenters. The highest BCUT2D eigenvalue weighted by Crippen LogP contribution is 2.26. The molecule has 1 amide bonds. The SMILES string of the molecule is Cc1cc(O[C@H](C)C(=O)N(Cc2sccc2C)[C@@H]2CCS(=O)(=O)C2)ccc1Cl. The van der Waals surface area contributed by atoms with E-state index in [1.54, 1.807) is 41.4 Å². The number of amides is 1. The Kier molecular flexibility index (Phi) is 6.37. The third kappa shape index (κ3) is 4.88. The van der Waals surface area contributed by atoms with Crippen molar-refractivity contribution in [3.8, 4) is 5.75 Å². The lowest BCUT2D eigenvalue weighted by Crippen LogP contribution is -2.46. The number of benzene rings is 1. The van der Waals surface area contributed by atoms with Gasteiger partial charge in [-0.1, -0.05) is 11.6 Å². The molecule has 0 bridgehead atoms. The van der Waals surface area contributed by atoms with Crippen molar-refractivity contribution < 1.29 is 17.9 Å². The fourth-order valence-corrected chi connectivity index (χ4v) is 6.06. The fourth-order valence-electron chi connectivity index (χ4n) is 3.31. The van der Waals surface area contributed by atoms with E-state index in [0.717, 1.165) is 16.0 Å². The summed E-state index contributed by atoms with van der Waals surface area (Å²) in [4.78, 5) is 16.0. The molecule has 2 heterocycles. The molecule has 2 aromatic rings. The molecule has 1 saturated heterocycles. The molecule has 28 heavy (non-hydrogen) atoms. The van der Waals surface area contributed by atoms with E-state index in [1.807, 2.05) is 25.3 Å². The molecule has 0 saturated carbocycles. The first-order valence-corrected chi connectivity index (χ1v) is 12.2.